The molecule has 0 unspecified atom stereocenters. The molecule has 0 bridgehead atoms. The number of esters is 1. The number of benzene rings is 2. The Balaban J connectivity index is 1.58. The predicted octanol–water partition coefficient (Wildman–Crippen LogP) is 7.81. The van der Waals surface area contributed by atoms with E-state index in [0.29, 0.717) is 28.4 Å². The molecule has 7 heteroatoms. The molecule has 0 fully saturated rings. The van der Waals surface area contributed by atoms with Gasteiger partial charge in [-0.3, -0.25) is 4.79 Å². The zero-order chi connectivity index (χ0) is 25.1. The third kappa shape index (κ3) is 5.08. The second kappa shape index (κ2) is 10.9. The summed E-state index contributed by atoms with van der Waals surface area (Å²) in [7, 11) is 0. The van der Waals surface area contributed by atoms with Crippen molar-refractivity contribution in [1.82, 2.24) is 4.98 Å². The normalized spacial score (nSPS) is 13.5. The van der Waals surface area contributed by atoms with Crippen LogP contribution in [-0.2, 0) is 17.6 Å². The number of nitrogens with zero attached hydrogens (tertiary/aromatic N) is 1. The summed E-state index contributed by atoms with van der Waals surface area (Å²) in [4.78, 5) is 32.8. The van der Waals surface area contributed by atoms with Crippen LogP contribution in [0.5, 0.6) is 0 Å². The number of para-hydroxylation sites is 1. The molecule has 36 heavy (non-hydrogen) atoms. The van der Waals surface area contributed by atoms with Crippen LogP contribution in [0.15, 0.2) is 59.1 Å². The number of aromatic nitrogens is 1. The molecule has 0 saturated heterocycles. The van der Waals surface area contributed by atoms with Crippen LogP contribution >= 0.6 is 27.3 Å². The van der Waals surface area contributed by atoms with Crippen molar-refractivity contribution < 1.29 is 14.3 Å². The number of fused-ring (bicyclic) bond motifs is 2. The van der Waals surface area contributed by atoms with Crippen LogP contribution in [0.2, 0.25) is 0 Å². The number of amides is 1. The summed E-state index contributed by atoms with van der Waals surface area (Å²) in [6.45, 7) is 2.10. The van der Waals surface area contributed by atoms with E-state index in [-0.39, 0.29) is 11.9 Å². The van der Waals surface area contributed by atoms with E-state index in [9.17, 15) is 9.59 Å². The molecule has 5 nitrogen and oxygen atoms in total. The number of pyridine rings is 1. The lowest BCUT2D eigenvalue weighted by atomic mass is 9.96. The summed E-state index contributed by atoms with van der Waals surface area (Å²) in [6.07, 6.45) is 6.23. The van der Waals surface area contributed by atoms with E-state index >= 15 is 0 Å². The molecule has 0 aliphatic heterocycles. The van der Waals surface area contributed by atoms with Crippen molar-refractivity contribution in [2.45, 2.75) is 45.4 Å². The SMILES string of the molecule is CCOC(=O)c1c(NC(=O)c2cc(-c3cccc(Br)c3)nc3ccccc23)sc2c1CCCCCC2. The summed E-state index contributed by atoms with van der Waals surface area (Å²) in [5.74, 6) is -0.620. The first-order chi connectivity index (χ1) is 17.5. The maximum atomic E-state index is 13.8. The Morgan fingerprint density at radius 1 is 1.03 bits per heavy atom. The van der Waals surface area contributed by atoms with Gasteiger partial charge in [0.2, 0.25) is 0 Å². The largest absolute Gasteiger partial charge is 0.462 e. The summed E-state index contributed by atoms with van der Waals surface area (Å²) in [5.41, 5.74) is 4.45. The molecule has 1 aliphatic carbocycles. The quantitative estimate of drug-likeness (QED) is 0.252. The van der Waals surface area contributed by atoms with Crippen LogP contribution < -0.4 is 5.32 Å². The zero-order valence-electron chi connectivity index (χ0n) is 20.1. The van der Waals surface area contributed by atoms with Gasteiger partial charge >= 0.3 is 5.97 Å². The van der Waals surface area contributed by atoms with Gasteiger partial charge < -0.3 is 10.1 Å². The van der Waals surface area contributed by atoms with Crippen molar-refractivity contribution >= 4 is 55.0 Å². The van der Waals surface area contributed by atoms with Gasteiger partial charge in [0.1, 0.15) is 5.00 Å². The second-order valence-corrected chi connectivity index (χ2v) is 10.9. The Hall–Kier alpha value is -3.03. The molecule has 5 rings (SSSR count). The molecular weight excluding hydrogens is 536 g/mol. The van der Waals surface area contributed by atoms with Gasteiger partial charge in [-0.25, -0.2) is 9.78 Å². The number of nitrogens with one attached hydrogen (secondary N) is 1. The molecule has 0 saturated carbocycles. The topological polar surface area (TPSA) is 68.3 Å². The van der Waals surface area contributed by atoms with E-state index in [1.807, 2.05) is 54.6 Å². The fraction of sp³-hybridized carbons (Fsp3) is 0.276. The minimum Gasteiger partial charge on any atom is -0.462 e. The van der Waals surface area contributed by atoms with Gasteiger partial charge in [-0.2, -0.15) is 0 Å². The highest BCUT2D eigenvalue weighted by Gasteiger charge is 2.27. The predicted molar refractivity (Wildman–Crippen MR) is 149 cm³/mol. The highest BCUT2D eigenvalue weighted by atomic mass is 79.9. The van der Waals surface area contributed by atoms with Crippen molar-refractivity contribution in [3.05, 3.63) is 80.6 Å². The lowest BCUT2D eigenvalue weighted by Crippen LogP contribution is -2.16. The third-order valence-corrected chi connectivity index (χ3v) is 8.16. The maximum absolute atomic E-state index is 13.8. The van der Waals surface area contributed by atoms with E-state index in [0.717, 1.165) is 58.6 Å². The Labute approximate surface area is 223 Å². The van der Waals surface area contributed by atoms with Crippen LogP contribution in [0.1, 0.15) is 63.8 Å². The Morgan fingerprint density at radius 3 is 2.64 bits per heavy atom. The molecular formula is C29H27BrN2O3S. The molecule has 4 aromatic rings. The van der Waals surface area contributed by atoms with Crippen LogP contribution in [0.3, 0.4) is 0 Å². The highest BCUT2D eigenvalue weighted by molar-refractivity contribution is 9.10. The molecule has 2 heterocycles. The maximum Gasteiger partial charge on any atom is 0.341 e. The number of thiophene rings is 1. The van der Waals surface area contributed by atoms with Crippen molar-refractivity contribution in [2.75, 3.05) is 11.9 Å². The van der Waals surface area contributed by atoms with Gasteiger partial charge in [0.25, 0.3) is 5.91 Å². The number of halogens is 1. The van der Waals surface area contributed by atoms with Crippen molar-refractivity contribution in [1.29, 1.82) is 0 Å². The minimum atomic E-state index is -0.361. The first kappa shape index (κ1) is 24.7. The summed E-state index contributed by atoms with van der Waals surface area (Å²) in [5, 5.41) is 4.43. The van der Waals surface area contributed by atoms with E-state index < -0.39 is 0 Å². The fourth-order valence-electron chi connectivity index (χ4n) is 4.76. The molecule has 0 atom stereocenters. The Kier molecular flexibility index (Phi) is 7.48. The van der Waals surface area contributed by atoms with Crippen molar-refractivity contribution in [2.24, 2.45) is 0 Å². The molecule has 0 radical (unpaired) electrons. The standard InChI is InChI=1S/C29H27BrN2O3S/c1-2-35-29(34)26-21-13-5-3-4-6-15-25(21)36-28(26)32-27(33)22-17-24(18-10-9-11-19(30)16-18)31-23-14-8-7-12-20(22)23/h7-12,14,16-17H,2-6,13,15H2,1H3,(H,32,33). The zero-order valence-corrected chi connectivity index (χ0v) is 22.5. The molecule has 0 spiro atoms. The summed E-state index contributed by atoms with van der Waals surface area (Å²) in [6, 6.07) is 17.3. The van der Waals surface area contributed by atoms with E-state index in [4.69, 9.17) is 9.72 Å². The number of ether oxygens (including phenoxy) is 1. The van der Waals surface area contributed by atoms with Gasteiger partial charge in [-0.15, -0.1) is 11.3 Å². The first-order valence-corrected chi connectivity index (χ1v) is 13.9. The third-order valence-electron chi connectivity index (χ3n) is 6.46. The smallest absolute Gasteiger partial charge is 0.341 e. The van der Waals surface area contributed by atoms with Gasteiger partial charge in [0, 0.05) is 20.3 Å². The highest BCUT2D eigenvalue weighted by Crippen LogP contribution is 2.38. The van der Waals surface area contributed by atoms with E-state index in [1.165, 1.54) is 22.6 Å². The average Bonchev–Trinajstić information content (AvgIpc) is 3.19. The lowest BCUT2D eigenvalue weighted by molar-refractivity contribution is 0.0526. The van der Waals surface area contributed by atoms with Crippen LogP contribution in [0.25, 0.3) is 22.2 Å². The summed E-state index contributed by atoms with van der Waals surface area (Å²) < 4.78 is 6.35. The van der Waals surface area contributed by atoms with Gasteiger partial charge in [0.15, 0.2) is 0 Å². The summed E-state index contributed by atoms with van der Waals surface area (Å²) >= 11 is 5.04. The molecule has 2 aromatic heterocycles. The molecule has 184 valence electrons. The number of anilines is 1. The van der Waals surface area contributed by atoms with Crippen molar-refractivity contribution in [3.63, 3.8) is 0 Å². The number of carbonyl (C=O) groups is 2. The minimum absolute atomic E-state index is 0.260. The van der Waals surface area contributed by atoms with E-state index in [1.54, 1.807) is 6.92 Å². The number of aryl methyl sites for hydroxylation is 1. The number of hydrogen-bond donors (Lipinski definition) is 1. The van der Waals surface area contributed by atoms with Gasteiger partial charge in [-0.1, -0.05) is 59.1 Å². The van der Waals surface area contributed by atoms with Crippen LogP contribution in [0.4, 0.5) is 5.00 Å². The second-order valence-electron chi connectivity index (χ2n) is 8.88. The molecule has 1 amide bonds. The first-order valence-electron chi connectivity index (χ1n) is 12.3. The molecule has 2 aromatic carbocycles. The molecule has 1 N–H and O–H groups in total. The number of hydrogen-bond acceptors (Lipinski definition) is 5. The Bertz CT molecular complexity index is 1450. The average molecular weight is 564 g/mol. The Morgan fingerprint density at radius 2 is 1.83 bits per heavy atom. The monoisotopic (exact) mass is 562 g/mol. The molecule has 1 aliphatic rings. The van der Waals surface area contributed by atoms with Crippen molar-refractivity contribution in [3.8, 4) is 11.3 Å². The van der Waals surface area contributed by atoms with E-state index in [2.05, 4.69) is 21.2 Å². The fourth-order valence-corrected chi connectivity index (χ4v) is 6.43. The lowest BCUT2D eigenvalue weighted by Gasteiger charge is -2.12. The van der Waals surface area contributed by atoms with Crippen LogP contribution in [-0.4, -0.2) is 23.5 Å². The van der Waals surface area contributed by atoms with Gasteiger partial charge in [0.05, 0.1) is 28.9 Å². The van der Waals surface area contributed by atoms with Crippen LogP contribution in [0, 0.1) is 0 Å². The van der Waals surface area contributed by atoms with Gasteiger partial charge in [-0.05, 0) is 62.4 Å². The number of carbonyl (C=O) groups excluding carboxylic acids is 2. The number of rotatable bonds is 5.